The Hall–Kier alpha value is -2.50. The van der Waals surface area contributed by atoms with E-state index in [0.29, 0.717) is 0 Å². The second kappa shape index (κ2) is 6.78. The zero-order chi connectivity index (χ0) is 15.2. The van der Waals surface area contributed by atoms with E-state index in [1.54, 1.807) is 12.1 Å². The van der Waals surface area contributed by atoms with Crippen LogP contribution in [0.15, 0.2) is 48.5 Å². The van der Waals surface area contributed by atoms with Gasteiger partial charge in [-0.3, -0.25) is 4.79 Å². The smallest absolute Gasteiger partial charge is 0.387 e. The second-order valence-electron chi connectivity index (χ2n) is 4.22. The molecule has 6 heteroatoms. The second-order valence-corrected chi connectivity index (χ2v) is 4.22. The summed E-state index contributed by atoms with van der Waals surface area (Å²) in [4.78, 5) is 11.9. The maximum atomic E-state index is 12.7. The molecule has 21 heavy (non-hydrogen) atoms. The molecule has 1 N–H and O–H groups in total. The van der Waals surface area contributed by atoms with E-state index in [1.807, 2.05) is 0 Å². The number of nitrogens with one attached hydrogen (secondary N) is 1. The number of ether oxygens (including phenoxy) is 1. The van der Waals surface area contributed by atoms with Gasteiger partial charge in [-0.05, 0) is 35.9 Å². The van der Waals surface area contributed by atoms with Gasteiger partial charge in [-0.2, -0.15) is 8.78 Å². The first-order valence-electron chi connectivity index (χ1n) is 6.12. The van der Waals surface area contributed by atoms with Crippen molar-refractivity contribution in [3.05, 3.63) is 65.5 Å². The van der Waals surface area contributed by atoms with E-state index in [1.165, 1.54) is 36.4 Å². The molecule has 0 unspecified atom stereocenters. The third kappa shape index (κ3) is 4.52. The molecule has 0 aromatic heterocycles. The molecule has 0 atom stereocenters. The molecule has 1 amide bonds. The van der Waals surface area contributed by atoms with E-state index in [9.17, 15) is 18.0 Å². The average molecular weight is 295 g/mol. The molecule has 0 fully saturated rings. The molecule has 0 radical (unpaired) electrons. The molecule has 0 aliphatic carbocycles. The van der Waals surface area contributed by atoms with Crippen molar-refractivity contribution < 1.29 is 22.7 Å². The van der Waals surface area contributed by atoms with Crippen LogP contribution in [0, 0.1) is 5.82 Å². The van der Waals surface area contributed by atoms with Crippen molar-refractivity contribution in [3.63, 3.8) is 0 Å². The van der Waals surface area contributed by atoms with Crippen molar-refractivity contribution >= 4 is 5.91 Å². The van der Waals surface area contributed by atoms with E-state index in [2.05, 4.69) is 10.1 Å². The molecule has 0 spiro atoms. The number of halogens is 3. The monoisotopic (exact) mass is 295 g/mol. The van der Waals surface area contributed by atoms with Crippen LogP contribution in [-0.4, -0.2) is 12.5 Å². The van der Waals surface area contributed by atoms with Crippen LogP contribution in [0.4, 0.5) is 13.2 Å². The quantitative estimate of drug-likeness (QED) is 0.918. The molecule has 2 aromatic carbocycles. The fourth-order valence-electron chi connectivity index (χ4n) is 1.70. The van der Waals surface area contributed by atoms with Crippen LogP contribution in [0.5, 0.6) is 5.75 Å². The van der Waals surface area contributed by atoms with Gasteiger partial charge >= 0.3 is 6.61 Å². The number of rotatable bonds is 5. The van der Waals surface area contributed by atoms with E-state index in [4.69, 9.17) is 0 Å². The van der Waals surface area contributed by atoms with Gasteiger partial charge in [0.1, 0.15) is 11.6 Å². The van der Waals surface area contributed by atoms with Crippen LogP contribution in [-0.2, 0) is 6.54 Å². The third-order valence-electron chi connectivity index (χ3n) is 2.69. The summed E-state index contributed by atoms with van der Waals surface area (Å²) in [5, 5.41) is 2.61. The lowest BCUT2D eigenvalue weighted by Crippen LogP contribution is -2.22. The zero-order valence-electron chi connectivity index (χ0n) is 10.9. The van der Waals surface area contributed by atoms with Crippen molar-refractivity contribution in [2.45, 2.75) is 13.2 Å². The van der Waals surface area contributed by atoms with Gasteiger partial charge in [0.15, 0.2) is 0 Å². The largest absolute Gasteiger partial charge is 0.435 e. The van der Waals surface area contributed by atoms with Crippen LogP contribution >= 0.6 is 0 Å². The summed E-state index contributed by atoms with van der Waals surface area (Å²) < 4.78 is 41.2. The lowest BCUT2D eigenvalue weighted by molar-refractivity contribution is -0.0498. The molecule has 0 heterocycles. The fourth-order valence-corrected chi connectivity index (χ4v) is 1.70. The molecular weight excluding hydrogens is 283 g/mol. The number of carbonyl (C=O) groups excluding carboxylic acids is 1. The Kier molecular flexibility index (Phi) is 4.81. The van der Waals surface area contributed by atoms with Crippen molar-refractivity contribution in [1.29, 1.82) is 0 Å². The Bertz CT molecular complexity index is 615. The minimum Gasteiger partial charge on any atom is -0.435 e. The first-order valence-corrected chi connectivity index (χ1v) is 6.12. The van der Waals surface area contributed by atoms with Gasteiger partial charge in [-0.15, -0.1) is 0 Å². The highest BCUT2D eigenvalue weighted by Crippen LogP contribution is 2.16. The van der Waals surface area contributed by atoms with E-state index in [-0.39, 0.29) is 23.7 Å². The summed E-state index contributed by atoms with van der Waals surface area (Å²) in [6.07, 6.45) is 0. The predicted molar refractivity (Wildman–Crippen MR) is 70.6 cm³/mol. The summed E-state index contributed by atoms with van der Waals surface area (Å²) in [6.45, 7) is -2.73. The highest BCUT2D eigenvalue weighted by molar-refractivity contribution is 5.94. The molecule has 0 saturated carbocycles. The minimum atomic E-state index is -2.94. The molecule has 0 aliphatic heterocycles. The molecule has 2 rings (SSSR count). The summed E-state index contributed by atoms with van der Waals surface area (Å²) >= 11 is 0. The topological polar surface area (TPSA) is 38.3 Å². The summed E-state index contributed by atoms with van der Waals surface area (Å²) in [5.41, 5.74) is 0.931. The van der Waals surface area contributed by atoms with Gasteiger partial charge in [0.2, 0.25) is 0 Å². The Morgan fingerprint density at radius 3 is 2.52 bits per heavy atom. The number of hydrogen-bond donors (Lipinski definition) is 1. The van der Waals surface area contributed by atoms with Gasteiger partial charge in [-0.25, -0.2) is 4.39 Å². The Labute approximate surface area is 119 Å². The molecule has 2 aromatic rings. The lowest BCUT2D eigenvalue weighted by Gasteiger charge is -2.08. The Balaban J connectivity index is 1.98. The average Bonchev–Trinajstić information content (AvgIpc) is 2.46. The van der Waals surface area contributed by atoms with Gasteiger partial charge in [0, 0.05) is 12.1 Å². The predicted octanol–water partition coefficient (Wildman–Crippen LogP) is 3.36. The SMILES string of the molecule is O=C(NCc1ccc(F)cc1)c1cccc(OC(F)F)c1. The number of carbonyl (C=O) groups is 1. The van der Waals surface area contributed by atoms with Crippen molar-refractivity contribution in [2.24, 2.45) is 0 Å². The van der Waals surface area contributed by atoms with Crippen LogP contribution in [0.25, 0.3) is 0 Å². The number of amides is 1. The molecule has 110 valence electrons. The minimum absolute atomic E-state index is 0.0839. The number of alkyl halides is 2. The first-order chi connectivity index (χ1) is 10.0. The highest BCUT2D eigenvalue weighted by Gasteiger charge is 2.09. The van der Waals surface area contributed by atoms with Gasteiger partial charge < -0.3 is 10.1 Å². The summed E-state index contributed by atoms with van der Waals surface area (Å²) in [7, 11) is 0. The molecule has 0 saturated heterocycles. The van der Waals surface area contributed by atoms with Gasteiger partial charge in [0.05, 0.1) is 0 Å². The number of benzene rings is 2. The lowest BCUT2D eigenvalue weighted by atomic mass is 10.2. The highest BCUT2D eigenvalue weighted by atomic mass is 19.3. The molecule has 0 aliphatic rings. The van der Waals surface area contributed by atoms with E-state index in [0.717, 1.165) is 5.56 Å². The van der Waals surface area contributed by atoms with E-state index < -0.39 is 12.5 Å². The fraction of sp³-hybridized carbons (Fsp3) is 0.133. The third-order valence-corrected chi connectivity index (χ3v) is 2.69. The number of hydrogen-bond acceptors (Lipinski definition) is 2. The molecule has 0 bridgehead atoms. The maximum absolute atomic E-state index is 12.7. The molecule has 3 nitrogen and oxygen atoms in total. The summed E-state index contributed by atoms with van der Waals surface area (Å²) in [6, 6.07) is 11.2. The van der Waals surface area contributed by atoms with Crippen molar-refractivity contribution in [2.75, 3.05) is 0 Å². The zero-order valence-corrected chi connectivity index (χ0v) is 10.9. The molecular formula is C15H12F3NO2. The maximum Gasteiger partial charge on any atom is 0.387 e. The Morgan fingerprint density at radius 1 is 1.14 bits per heavy atom. The van der Waals surface area contributed by atoms with Crippen molar-refractivity contribution in [1.82, 2.24) is 5.32 Å². The van der Waals surface area contributed by atoms with Crippen LogP contribution < -0.4 is 10.1 Å². The van der Waals surface area contributed by atoms with Gasteiger partial charge in [0.25, 0.3) is 5.91 Å². The van der Waals surface area contributed by atoms with Crippen LogP contribution in [0.2, 0.25) is 0 Å². The van der Waals surface area contributed by atoms with Crippen LogP contribution in [0.3, 0.4) is 0 Å². The van der Waals surface area contributed by atoms with Crippen LogP contribution in [0.1, 0.15) is 15.9 Å². The Morgan fingerprint density at radius 2 is 1.86 bits per heavy atom. The van der Waals surface area contributed by atoms with Gasteiger partial charge in [-0.1, -0.05) is 18.2 Å². The first kappa shape index (κ1) is 14.9. The van der Waals surface area contributed by atoms with E-state index >= 15 is 0 Å². The van der Waals surface area contributed by atoms with Crippen molar-refractivity contribution in [3.8, 4) is 5.75 Å². The normalized spacial score (nSPS) is 10.5. The summed E-state index contributed by atoms with van der Waals surface area (Å²) in [5.74, 6) is -0.875. The standard InChI is InChI=1S/C15H12F3NO2/c16-12-6-4-10(5-7-12)9-19-14(20)11-2-1-3-13(8-11)21-15(17)18/h1-8,15H,9H2,(H,19,20).